The predicted molar refractivity (Wildman–Crippen MR) is 98.0 cm³/mol. The monoisotopic (exact) mass is 371 g/mol. The summed E-state index contributed by atoms with van der Waals surface area (Å²) in [5.74, 6) is 0.891. The minimum absolute atomic E-state index is 0.658. The van der Waals surface area contributed by atoms with Crippen molar-refractivity contribution in [2.24, 2.45) is 0 Å². The van der Waals surface area contributed by atoms with Crippen LogP contribution in [-0.4, -0.2) is 44.6 Å². The Balaban J connectivity index is 1.61. The molecular weight excluding hydrogens is 346 g/mol. The van der Waals surface area contributed by atoms with E-state index in [-0.39, 0.29) is 0 Å². The number of fused-ring (bicyclic) bond motifs is 1. The quantitative estimate of drug-likeness (QED) is 0.591. The fourth-order valence-corrected chi connectivity index (χ4v) is 3.65. The molecule has 8 nitrogen and oxygen atoms in total. The highest BCUT2D eigenvalue weighted by Gasteiger charge is 2.27. The Morgan fingerprint density at radius 2 is 2.19 bits per heavy atom. The number of nitrogens with zero attached hydrogens (tertiary/aromatic N) is 5. The second-order valence-corrected chi connectivity index (χ2v) is 6.83. The van der Waals surface area contributed by atoms with E-state index < -0.39 is 0 Å². The Kier molecular flexibility index (Phi) is 5.09. The minimum atomic E-state index is 0.658. The average molecular weight is 371 g/mol. The molecule has 4 rings (SSSR count). The third-order valence-electron chi connectivity index (χ3n) is 5.10. The Labute approximate surface area is 158 Å². The Morgan fingerprint density at radius 3 is 2.89 bits per heavy atom. The maximum absolute atomic E-state index is 5.52. The van der Waals surface area contributed by atoms with E-state index in [4.69, 9.17) is 18.8 Å². The van der Waals surface area contributed by atoms with Gasteiger partial charge in [0.2, 0.25) is 0 Å². The molecule has 0 saturated carbocycles. The van der Waals surface area contributed by atoms with Gasteiger partial charge in [-0.25, -0.2) is 4.98 Å². The molecule has 3 aromatic heterocycles. The van der Waals surface area contributed by atoms with Gasteiger partial charge < -0.3 is 13.7 Å². The molecule has 4 heterocycles. The van der Waals surface area contributed by atoms with E-state index in [1.807, 2.05) is 20.8 Å². The summed E-state index contributed by atoms with van der Waals surface area (Å²) < 4.78 is 18.1. The summed E-state index contributed by atoms with van der Waals surface area (Å²) in [6.45, 7) is 10.7. The zero-order chi connectivity index (χ0) is 18.8. The lowest BCUT2D eigenvalue weighted by Crippen LogP contribution is -2.31. The molecule has 1 aliphatic rings. The van der Waals surface area contributed by atoms with E-state index in [0.29, 0.717) is 13.2 Å². The lowest BCUT2D eigenvalue weighted by molar-refractivity contribution is 0.135. The van der Waals surface area contributed by atoms with Crippen molar-refractivity contribution < 1.29 is 13.7 Å². The first-order valence-electron chi connectivity index (χ1n) is 9.36. The van der Waals surface area contributed by atoms with Gasteiger partial charge in [0.05, 0.1) is 18.8 Å². The second-order valence-electron chi connectivity index (χ2n) is 6.83. The van der Waals surface area contributed by atoms with Crippen LogP contribution in [-0.2, 0) is 30.8 Å². The molecule has 0 radical (unpaired) electrons. The minimum Gasteiger partial charge on any atom is -0.451 e. The van der Waals surface area contributed by atoms with Crippen molar-refractivity contribution in [2.75, 3.05) is 19.8 Å². The summed E-state index contributed by atoms with van der Waals surface area (Å²) in [7, 11) is 0. The molecule has 27 heavy (non-hydrogen) atoms. The first-order valence-corrected chi connectivity index (χ1v) is 9.36. The second kappa shape index (κ2) is 7.66. The third-order valence-corrected chi connectivity index (χ3v) is 5.10. The van der Waals surface area contributed by atoms with Gasteiger partial charge in [-0.05, 0) is 20.8 Å². The van der Waals surface area contributed by atoms with Gasteiger partial charge in [-0.2, -0.15) is 5.10 Å². The summed E-state index contributed by atoms with van der Waals surface area (Å²) in [6, 6.07) is 0. The molecule has 0 bridgehead atoms. The zero-order valence-electron chi connectivity index (χ0n) is 16.1. The molecule has 0 atom stereocenters. The molecule has 0 aromatic carbocycles. The highest BCUT2D eigenvalue weighted by atomic mass is 16.5. The van der Waals surface area contributed by atoms with Crippen molar-refractivity contribution >= 4 is 0 Å². The van der Waals surface area contributed by atoms with E-state index in [0.717, 1.165) is 55.4 Å². The normalized spacial score (nSPS) is 14.6. The smallest absolute Gasteiger partial charge is 0.181 e. The zero-order valence-corrected chi connectivity index (χ0v) is 16.1. The molecule has 1 aliphatic heterocycles. The van der Waals surface area contributed by atoms with Crippen molar-refractivity contribution in [2.45, 2.75) is 46.8 Å². The fourth-order valence-electron chi connectivity index (χ4n) is 3.65. The van der Waals surface area contributed by atoms with Gasteiger partial charge in [-0.3, -0.25) is 9.58 Å². The first-order chi connectivity index (χ1) is 13.2. The van der Waals surface area contributed by atoms with Crippen LogP contribution in [0.2, 0.25) is 0 Å². The molecule has 144 valence electrons. The van der Waals surface area contributed by atoms with Crippen molar-refractivity contribution in [1.29, 1.82) is 0 Å². The molecule has 8 heteroatoms. The summed E-state index contributed by atoms with van der Waals surface area (Å²) in [6.07, 6.45) is 4.05. The van der Waals surface area contributed by atoms with Gasteiger partial charge in [0.25, 0.3) is 0 Å². The van der Waals surface area contributed by atoms with Crippen molar-refractivity contribution in [3.8, 4) is 11.4 Å². The van der Waals surface area contributed by atoms with Crippen LogP contribution in [0.1, 0.15) is 35.2 Å². The maximum Gasteiger partial charge on any atom is 0.181 e. The maximum atomic E-state index is 5.52. The summed E-state index contributed by atoms with van der Waals surface area (Å²) >= 11 is 0. The lowest BCUT2D eigenvalue weighted by Gasteiger charge is -2.27. The molecule has 0 fully saturated rings. The molecule has 0 unspecified atom stereocenters. The van der Waals surface area contributed by atoms with Crippen LogP contribution in [0.15, 0.2) is 21.6 Å². The van der Waals surface area contributed by atoms with Crippen LogP contribution in [0.4, 0.5) is 0 Å². The molecule has 0 spiro atoms. The molecule has 0 saturated heterocycles. The number of aromatic nitrogens is 4. The van der Waals surface area contributed by atoms with Crippen LogP contribution in [0, 0.1) is 13.8 Å². The first kappa shape index (κ1) is 17.9. The predicted octanol–water partition coefficient (Wildman–Crippen LogP) is 2.74. The molecule has 0 aliphatic carbocycles. The number of rotatable bonds is 7. The topological polar surface area (TPSA) is 82.4 Å². The van der Waals surface area contributed by atoms with Crippen LogP contribution >= 0.6 is 0 Å². The van der Waals surface area contributed by atoms with Gasteiger partial charge in [0.15, 0.2) is 6.39 Å². The Hall–Kier alpha value is -2.45. The number of oxazole rings is 1. The van der Waals surface area contributed by atoms with Crippen LogP contribution in [0.25, 0.3) is 11.4 Å². The largest absolute Gasteiger partial charge is 0.451 e. The Morgan fingerprint density at radius 1 is 1.30 bits per heavy atom. The van der Waals surface area contributed by atoms with Crippen LogP contribution in [0.3, 0.4) is 0 Å². The van der Waals surface area contributed by atoms with E-state index in [2.05, 4.69) is 19.7 Å². The highest BCUT2D eigenvalue weighted by Crippen LogP contribution is 2.30. The van der Waals surface area contributed by atoms with E-state index >= 15 is 0 Å². The van der Waals surface area contributed by atoms with Crippen molar-refractivity contribution in [3.63, 3.8) is 0 Å². The highest BCUT2D eigenvalue weighted by molar-refractivity contribution is 5.59. The standard InChI is InChI=1S/C19H25N5O3/c1-4-25-8-7-24-18-5-6-23(9-15-13(2)22-27-14(15)3)10-16(18)19(21-24)17-11-26-12-20-17/h11-12H,4-10H2,1-3H3. The van der Waals surface area contributed by atoms with E-state index in [9.17, 15) is 0 Å². The summed E-state index contributed by atoms with van der Waals surface area (Å²) in [5, 5.41) is 8.90. The van der Waals surface area contributed by atoms with E-state index in [1.165, 1.54) is 23.2 Å². The summed E-state index contributed by atoms with van der Waals surface area (Å²) in [5.41, 5.74) is 6.30. The number of ether oxygens (including phenoxy) is 1. The van der Waals surface area contributed by atoms with Crippen molar-refractivity contribution in [3.05, 3.63) is 40.9 Å². The molecule has 0 N–H and O–H groups in total. The van der Waals surface area contributed by atoms with Gasteiger partial charge >= 0.3 is 0 Å². The molecule has 3 aromatic rings. The number of hydrogen-bond acceptors (Lipinski definition) is 7. The summed E-state index contributed by atoms with van der Waals surface area (Å²) in [4.78, 5) is 6.73. The van der Waals surface area contributed by atoms with E-state index in [1.54, 1.807) is 6.26 Å². The fraction of sp³-hybridized carbons (Fsp3) is 0.526. The number of aryl methyl sites for hydroxylation is 2. The lowest BCUT2D eigenvalue weighted by atomic mass is 10.0. The van der Waals surface area contributed by atoms with Crippen LogP contribution < -0.4 is 0 Å². The van der Waals surface area contributed by atoms with Gasteiger partial charge in [-0.15, -0.1) is 0 Å². The third kappa shape index (κ3) is 3.54. The SMILES string of the molecule is CCOCCn1nc(-c2cocn2)c2c1CCN(Cc1c(C)noc1C)C2. The average Bonchev–Trinajstić information content (AvgIpc) is 3.38. The van der Waals surface area contributed by atoms with Crippen molar-refractivity contribution in [1.82, 2.24) is 24.8 Å². The van der Waals surface area contributed by atoms with Gasteiger partial charge in [0, 0.05) is 49.5 Å². The van der Waals surface area contributed by atoms with Crippen LogP contribution in [0.5, 0.6) is 0 Å². The molecular formula is C19H25N5O3. The van der Waals surface area contributed by atoms with Gasteiger partial charge in [0.1, 0.15) is 23.4 Å². The number of hydrogen-bond donors (Lipinski definition) is 0. The molecule has 0 amide bonds. The van der Waals surface area contributed by atoms with Gasteiger partial charge in [-0.1, -0.05) is 5.16 Å². The Bertz CT molecular complexity index is 877.